The standard InChI is InChI=1S/C17H15N3O/c18-14-5-6-15-13(7-14)8-16(19-15)17(21)20-9-11-3-1-2-4-12(11)10-20/h1-8,19H,9-10,18H2. The molecular weight excluding hydrogens is 262 g/mol. The van der Waals surface area contributed by atoms with Crippen molar-refractivity contribution in [2.24, 2.45) is 0 Å². The summed E-state index contributed by atoms with van der Waals surface area (Å²) in [6.07, 6.45) is 0. The number of nitrogens with one attached hydrogen (secondary N) is 1. The van der Waals surface area contributed by atoms with Crippen LogP contribution in [0.2, 0.25) is 0 Å². The van der Waals surface area contributed by atoms with Crippen LogP contribution < -0.4 is 5.73 Å². The van der Waals surface area contributed by atoms with E-state index in [0.29, 0.717) is 24.5 Å². The van der Waals surface area contributed by atoms with Gasteiger partial charge >= 0.3 is 0 Å². The van der Waals surface area contributed by atoms with Crippen molar-refractivity contribution in [3.8, 4) is 0 Å². The summed E-state index contributed by atoms with van der Waals surface area (Å²) < 4.78 is 0. The van der Waals surface area contributed by atoms with Crippen LogP contribution in [0.3, 0.4) is 0 Å². The number of benzene rings is 2. The first-order chi connectivity index (χ1) is 10.2. The smallest absolute Gasteiger partial charge is 0.270 e. The summed E-state index contributed by atoms with van der Waals surface area (Å²) in [6.45, 7) is 1.35. The summed E-state index contributed by atoms with van der Waals surface area (Å²) in [7, 11) is 0. The van der Waals surface area contributed by atoms with E-state index in [4.69, 9.17) is 5.73 Å². The fourth-order valence-electron chi connectivity index (χ4n) is 2.91. The number of nitrogens with zero attached hydrogens (tertiary/aromatic N) is 1. The van der Waals surface area contributed by atoms with Crippen molar-refractivity contribution in [2.75, 3.05) is 5.73 Å². The molecule has 0 bridgehead atoms. The van der Waals surface area contributed by atoms with Crippen molar-refractivity contribution < 1.29 is 4.79 Å². The van der Waals surface area contributed by atoms with Crippen LogP contribution in [-0.2, 0) is 13.1 Å². The molecule has 2 heterocycles. The summed E-state index contributed by atoms with van der Waals surface area (Å²) in [5.74, 6) is 0.0287. The van der Waals surface area contributed by atoms with Gasteiger partial charge < -0.3 is 15.6 Å². The van der Waals surface area contributed by atoms with Crippen LogP contribution in [0.1, 0.15) is 21.6 Å². The van der Waals surface area contributed by atoms with Crippen molar-refractivity contribution in [2.45, 2.75) is 13.1 Å². The fraction of sp³-hybridized carbons (Fsp3) is 0.118. The molecule has 0 aliphatic carbocycles. The zero-order chi connectivity index (χ0) is 14.4. The third kappa shape index (κ3) is 1.96. The van der Waals surface area contributed by atoms with Gasteiger partial charge in [-0.1, -0.05) is 24.3 Å². The van der Waals surface area contributed by atoms with E-state index in [-0.39, 0.29) is 5.91 Å². The van der Waals surface area contributed by atoms with Gasteiger partial charge in [-0.05, 0) is 35.4 Å². The highest BCUT2D eigenvalue weighted by Crippen LogP contribution is 2.25. The number of rotatable bonds is 1. The molecule has 0 saturated carbocycles. The molecule has 3 aromatic rings. The maximum absolute atomic E-state index is 12.6. The molecule has 21 heavy (non-hydrogen) atoms. The fourth-order valence-corrected chi connectivity index (χ4v) is 2.91. The average molecular weight is 277 g/mol. The molecule has 1 aliphatic rings. The predicted octanol–water partition coefficient (Wildman–Crippen LogP) is 2.91. The predicted molar refractivity (Wildman–Crippen MR) is 82.7 cm³/mol. The van der Waals surface area contributed by atoms with Gasteiger partial charge in [0.15, 0.2) is 0 Å². The van der Waals surface area contributed by atoms with Crippen LogP contribution in [0.25, 0.3) is 10.9 Å². The Balaban J connectivity index is 1.65. The minimum atomic E-state index is 0.0287. The summed E-state index contributed by atoms with van der Waals surface area (Å²) in [5, 5.41) is 0.968. The molecule has 4 nitrogen and oxygen atoms in total. The van der Waals surface area contributed by atoms with Crippen molar-refractivity contribution in [3.05, 3.63) is 65.4 Å². The molecule has 0 saturated heterocycles. The number of aromatic nitrogens is 1. The normalized spacial score (nSPS) is 13.6. The van der Waals surface area contributed by atoms with Gasteiger partial charge in [0.25, 0.3) is 5.91 Å². The quantitative estimate of drug-likeness (QED) is 0.672. The molecule has 4 heteroatoms. The lowest BCUT2D eigenvalue weighted by Gasteiger charge is -2.13. The summed E-state index contributed by atoms with van der Waals surface area (Å²) in [6, 6.07) is 15.7. The van der Waals surface area contributed by atoms with Gasteiger partial charge in [-0.25, -0.2) is 0 Å². The lowest BCUT2D eigenvalue weighted by molar-refractivity contribution is 0.0746. The van der Waals surface area contributed by atoms with E-state index in [1.807, 2.05) is 41.3 Å². The zero-order valence-electron chi connectivity index (χ0n) is 11.5. The highest BCUT2D eigenvalue weighted by molar-refractivity contribution is 5.98. The number of anilines is 1. The number of nitrogens with two attached hydrogens (primary N) is 1. The Morgan fingerprint density at radius 1 is 1.05 bits per heavy atom. The number of hydrogen-bond donors (Lipinski definition) is 2. The Labute approximate surface area is 122 Å². The van der Waals surface area contributed by atoms with E-state index in [1.165, 1.54) is 11.1 Å². The number of fused-ring (bicyclic) bond motifs is 2. The van der Waals surface area contributed by atoms with Crippen LogP contribution in [-0.4, -0.2) is 15.8 Å². The van der Waals surface area contributed by atoms with E-state index in [9.17, 15) is 4.79 Å². The van der Waals surface area contributed by atoms with Crippen molar-refractivity contribution in [1.29, 1.82) is 0 Å². The second kappa shape index (κ2) is 4.38. The minimum Gasteiger partial charge on any atom is -0.399 e. The van der Waals surface area contributed by atoms with Crippen LogP contribution in [0.4, 0.5) is 5.69 Å². The van der Waals surface area contributed by atoms with E-state index < -0.39 is 0 Å². The van der Waals surface area contributed by atoms with Gasteiger partial charge in [0, 0.05) is 29.7 Å². The maximum Gasteiger partial charge on any atom is 0.270 e. The van der Waals surface area contributed by atoms with Crippen molar-refractivity contribution in [1.82, 2.24) is 9.88 Å². The van der Waals surface area contributed by atoms with Crippen LogP contribution in [0.5, 0.6) is 0 Å². The Kier molecular flexibility index (Phi) is 2.51. The SMILES string of the molecule is Nc1ccc2[nH]c(C(=O)N3Cc4ccccc4C3)cc2c1. The molecule has 0 atom stereocenters. The number of carbonyl (C=O) groups is 1. The highest BCUT2D eigenvalue weighted by Gasteiger charge is 2.24. The minimum absolute atomic E-state index is 0.0287. The molecular formula is C17H15N3O. The van der Waals surface area contributed by atoms with Crippen LogP contribution in [0.15, 0.2) is 48.5 Å². The zero-order valence-corrected chi connectivity index (χ0v) is 11.5. The first-order valence-electron chi connectivity index (χ1n) is 6.95. The van der Waals surface area contributed by atoms with Gasteiger partial charge in [-0.2, -0.15) is 0 Å². The van der Waals surface area contributed by atoms with Crippen LogP contribution >= 0.6 is 0 Å². The molecule has 1 amide bonds. The summed E-state index contributed by atoms with van der Waals surface area (Å²) >= 11 is 0. The monoisotopic (exact) mass is 277 g/mol. The number of hydrogen-bond acceptors (Lipinski definition) is 2. The maximum atomic E-state index is 12.6. The molecule has 0 unspecified atom stereocenters. The number of nitrogen functional groups attached to an aromatic ring is 1. The largest absolute Gasteiger partial charge is 0.399 e. The third-order valence-electron chi connectivity index (χ3n) is 4.00. The lowest BCUT2D eigenvalue weighted by Crippen LogP contribution is -2.25. The molecule has 0 fully saturated rings. The molecule has 1 aliphatic heterocycles. The van der Waals surface area contributed by atoms with Gasteiger partial charge in [0.1, 0.15) is 5.69 Å². The van der Waals surface area contributed by atoms with Gasteiger partial charge in [-0.15, -0.1) is 0 Å². The first kappa shape index (κ1) is 12.0. The Hall–Kier alpha value is -2.75. The molecule has 104 valence electrons. The summed E-state index contributed by atoms with van der Waals surface area (Å²) in [5.41, 5.74) is 10.5. The third-order valence-corrected chi connectivity index (χ3v) is 4.00. The molecule has 4 rings (SSSR count). The Bertz CT molecular complexity index is 825. The topological polar surface area (TPSA) is 62.1 Å². The van der Waals surface area contributed by atoms with E-state index >= 15 is 0 Å². The number of H-pyrrole nitrogens is 1. The molecule has 0 radical (unpaired) electrons. The second-order valence-electron chi connectivity index (χ2n) is 5.46. The van der Waals surface area contributed by atoms with Crippen molar-refractivity contribution in [3.63, 3.8) is 0 Å². The van der Waals surface area contributed by atoms with Gasteiger partial charge in [-0.3, -0.25) is 4.79 Å². The Morgan fingerprint density at radius 2 is 1.76 bits per heavy atom. The summed E-state index contributed by atoms with van der Waals surface area (Å²) in [4.78, 5) is 17.7. The lowest BCUT2D eigenvalue weighted by atomic mass is 10.1. The molecule has 2 aromatic carbocycles. The van der Waals surface area contributed by atoms with E-state index in [1.54, 1.807) is 0 Å². The first-order valence-corrected chi connectivity index (χ1v) is 6.95. The van der Waals surface area contributed by atoms with E-state index in [2.05, 4.69) is 17.1 Å². The van der Waals surface area contributed by atoms with Crippen molar-refractivity contribution >= 4 is 22.5 Å². The van der Waals surface area contributed by atoms with Gasteiger partial charge in [0.2, 0.25) is 0 Å². The second-order valence-corrected chi connectivity index (χ2v) is 5.46. The molecule has 1 aromatic heterocycles. The molecule has 3 N–H and O–H groups in total. The molecule has 0 spiro atoms. The Morgan fingerprint density at radius 3 is 2.48 bits per heavy atom. The number of carbonyl (C=O) groups excluding carboxylic acids is 1. The highest BCUT2D eigenvalue weighted by atomic mass is 16.2. The van der Waals surface area contributed by atoms with Crippen LogP contribution in [0, 0.1) is 0 Å². The number of aromatic amines is 1. The number of amides is 1. The average Bonchev–Trinajstić information content (AvgIpc) is 3.09. The van der Waals surface area contributed by atoms with E-state index in [0.717, 1.165) is 10.9 Å². The van der Waals surface area contributed by atoms with Gasteiger partial charge in [0.05, 0.1) is 0 Å².